The Morgan fingerprint density at radius 2 is 1.85 bits per heavy atom. The minimum atomic E-state index is -0.499. The fourth-order valence-corrected chi connectivity index (χ4v) is 2.22. The Bertz CT molecular complexity index is 478. The van der Waals surface area contributed by atoms with Crippen molar-refractivity contribution in [1.82, 2.24) is 4.90 Å². The van der Waals surface area contributed by atoms with Gasteiger partial charge in [0, 0.05) is 24.3 Å². The molecule has 5 heteroatoms. The molecule has 3 N–H and O–H groups in total. The molecule has 0 aliphatic carbocycles. The van der Waals surface area contributed by atoms with Gasteiger partial charge in [-0.2, -0.15) is 0 Å². The zero-order valence-electron chi connectivity index (χ0n) is 11.8. The summed E-state index contributed by atoms with van der Waals surface area (Å²) in [6, 6.07) is 6.47. The first-order valence-electron chi connectivity index (χ1n) is 7.07. The van der Waals surface area contributed by atoms with Crippen LogP contribution in [0, 0.1) is 0 Å². The average molecular weight is 275 g/mol. The first-order chi connectivity index (χ1) is 9.61. The van der Waals surface area contributed by atoms with Crippen molar-refractivity contribution in [3.8, 4) is 0 Å². The lowest BCUT2D eigenvalue weighted by atomic mass is 10.1. The normalized spacial score (nSPS) is 16.0. The van der Waals surface area contributed by atoms with Gasteiger partial charge in [0.1, 0.15) is 0 Å². The second-order valence-electron chi connectivity index (χ2n) is 5.08. The predicted molar refractivity (Wildman–Crippen MR) is 78.5 cm³/mol. The molecule has 20 heavy (non-hydrogen) atoms. The molecular weight excluding hydrogens is 254 g/mol. The van der Waals surface area contributed by atoms with Gasteiger partial charge in [-0.3, -0.25) is 9.59 Å². The first-order valence-corrected chi connectivity index (χ1v) is 7.07. The van der Waals surface area contributed by atoms with Crippen LogP contribution in [0.4, 0.5) is 5.69 Å². The number of carbonyl (C=O) groups is 2. The summed E-state index contributed by atoms with van der Waals surface area (Å²) < 4.78 is 0. The summed E-state index contributed by atoms with van der Waals surface area (Å²) in [7, 11) is 0. The Kier molecular flexibility index (Phi) is 4.74. The van der Waals surface area contributed by atoms with E-state index in [4.69, 9.17) is 5.73 Å². The molecule has 1 fully saturated rings. The van der Waals surface area contributed by atoms with Crippen LogP contribution in [0.15, 0.2) is 24.3 Å². The number of nitrogens with one attached hydrogen (secondary N) is 1. The van der Waals surface area contributed by atoms with E-state index in [1.54, 1.807) is 24.3 Å². The molecule has 1 heterocycles. The Hall–Kier alpha value is -1.88. The van der Waals surface area contributed by atoms with Gasteiger partial charge >= 0.3 is 0 Å². The molecule has 5 nitrogen and oxygen atoms in total. The van der Waals surface area contributed by atoms with Crippen molar-refractivity contribution in [2.75, 3.05) is 18.4 Å². The number of nitrogens with zero attached hydrogens (tertiary/aromatic N) is 1. The zero-order chi connectivity index (χ0) is 14.5. The molecule has 0 bridgehead atoms. The second-order valence-corrected chi connectivity index (χ2v) is 5.08. The molecule has 1 aromatic carbocycles. The summed E-state index contributed by atoms with van der Waals surface area (Å²) in [4.78, 5) is 25.7. The monoisotopic (exact) mass is 275 g/mol. The van der Waals surface area contributed by atoms with Gasteiger partial charge in [0.15, 0.2) is 0 Å². The van der Waals surface area contributed by atoms with E-state index in [0.717, 1.165) is 25.9 Å². The molecular formula is C15H21N3O2. The van der Waals surface area contributed by atoms with Gasteiger partial charge < -0.3 is 16.0 Å². The number of benzene rings is 1. The van der Waals surface area contributed by atoms with Gasteiger partial charge in [0.25, 0.3) is 5.91 Å². The van der Waals surface area contributed by atoms with Crippen molar-refractivity contribution in [2.45, 2.75) is 32.2 Å². The third-order valence-corrected chi connectivity index (χ3v) is 3.57. The van der Waals surface area contributed by atoms with Crippen LogP contribution >= 0.6 is 0 Å². The van der Waals surface area contributed by atoms with Crippen LogP contribution in [-0.2, 0) is 4.79 Å². The van der Waals surface area contributed by atoms with E-state index in [9.17, 15) is 9.59 Å². The summed E-state index contributed by atoms with van der Waals surface area (Å²) in [5, 5.41) is 2.74. The van der Waals surface area contributed by atoms with Crippen LogP contribution in [0.5, 0.6) is 0 Å². The SMILES string of the molecule is CC[C@H](N)C(=O)Nc1ccc(C(=O)N2CCCC2)cc1. The maximum absolute atomic E-state index is 12.2. The molecule has 2 amide bonds. The van der Waals surface area contributed by atoms with Crippen molar-refractivity contribution in [3.05, 3.63) is 29.8 Å². The zero-order valence-corrected chi connectivity index (χ0v) is 11.8. The molecule has 1 aliphatic rings. The molecule has 0 unspecified atom stereocenters. The lowest BCUT2D eigenvalue weighted by Crippen LogP contribution is -2.34. The fraction of sp³-hybridized carbons (Fsp3) is 0.467. The van der Waals surface area contributed by atoms with Crippen molar-refractivity contribution in [3.63, 3.8) is 0 Å². The highest BCUT2D eigenvalue weighted by Crippen LogP contribution is 2.15. The summed E-state index contributed by atoms with van der Waals surface area (Å²) in [6.45, 7) is 3.54. The molecule has 0 spiro atoms. The molecule has 1 saturated heterocycles. The summed E-state index contributed by atoms with van der Waals surface area (Å²) >= 11 is 0. The molecule has 0 aromatic heterocycles. The van der Waals surface area contributed by atoms with E-state index in [2.05, 4.69) is 5.32 Å². The maximum Gasteiger partial charge on any atom is 0.253 e. The number of rotatable bonds is 4. The van der Waals surface area contributed by atoms with Crippen LogP contribution in [0.2, 0.25) is 0 Å². The van der Waals surface area contributed by atoms with Crippen molar-refractivity contribution >= 4 is 17.5 Å². The number of anilines is 1. The maximum atomic E-state index is 12.2. The van der Waals surface area contributed by atoms with Crippen LogP contribution in [0.1, 0.15) is 36.5 Å². The lowest BCUT2D eigenvalue weighted by molar-refractivity contribution is -0.117. The van der Waals surface area contributed by atoms with Gasteiger partial charge in [0.2, 0.25) is 5.91 Å². The van der Waals surface area contributed by atoms with Crippen molar-refractivity contribution in [2.24, 2.45) is 5.73 Å². The minimum Gasteiger partial charge on any atom is -0.339 e. The number of hydrogen-bond donors (Lipinski definition) is 2. The third kappa shape index (κ3) is 3.36. The number of hydrogen-bond acceptors (Lipinski definition) is 3. The van der Waals surface area contributed by atoms with Crippen LogP contribution in [-0.4, -0.2) is 35.8 Å². The molecule has 0 saturated carbocycles. The van der Waals surface area contributed by atoms with E-state index in [-0.39, 0.29) is 11.8 Å². The predicted octanol–water partition coefficient (Wildman–Crippen LogP) is 1.60. The topological polar surface area (TPSA) is 75.4 Å². The number of likely N-dealkylation sites (tertiary alicyclic amines) is 1. The van der Waals surface area contributed by atoms with Gasteiger partial charge in [-0.1, -0.05) is 6.92 Å². The van der Waals surface area contributed by atoms with Gasteiger partial charge in [-0.15, -0.1) is 0 Å². The number of nitrogens with two attached hydrogens (primary N) is 1. The van der Waals surface area contributed by atoms with Gasteiger partial charge in [-0.05, 0) is 43.5 Å². The highest BCUT2D eigenvalue weighted by atomic mass is 16.2. The number of carbonyl (C=O) groups excluding carboxylic acids is 2. The summed E-state index contributed by atoms with van der Waals surface area (Å²) in [6.07, 6.45) is 2.75. The lowest BCUT2D eigenvalue weighted by Gasteiger charge is -2.15. The van der Waals surface area contributed by atoms with Gasteiger partial charge in [-0.25, -0.2) is 0 Å². The van der Waals surface area contributed by atoms with E-state index in [0.29, 0.717) is 17.7 Å². The molecule has 108 valence electrons. The van der Waals surface area contributed by atoms with E-state index in [1.165, 1.54) is 0 Å². The van der Waals surface area contributed by atoms with Crippen LogP contribution in [0.3, 0.4) is 0 Å². The quantitative estimate of drug-likeness (QED) is 0.876. The number of amides is 2. The Labute approximate surface area is 119 Å². The molecule has 2 rings (SSSR count). The summed E-state index contributed by atoms with van der Waals surface area (Å²) in [5.41, 5.74) is 6.97. The van der Waals surface area contributed by atoms with Crippen LogP contribution in [0.25, 0.3) is 0 Å². The van der Waals surface area contributed by atoms with E-state index >= 15 is 0 Å². The standard InChI is InChI=1S/C15H21N3O2/c1-2-13(16)14(19)17-12-7-5-11(6-8-12)15(20)18-9-3-4-10-18/h5-8,13H,2-4,9-10,16H2,1H3,(H,17,19)/t13-/m0/s1. The second kappa shape index (κ2) is 6.52. The Morgan fingerprint density at radius 1 is 1.25 bits per heavy atom. The molecule has 1 aromatic rings. The van der Waals surface area contributed by atoms with Crippen molar-refractivity contribution < 1.29 is 9.59 Å². The largest absolute Gasteiger partial charge is 0.339 e. The molecule has 1 aliphatic heterocycles. The summed E-state index contributed by atoms with van der Waals surface area (Å²) in [5.74, 6) is -0.142. The minimum absolute atomic E-state index is 0.0608. The van der Waals surface area contributed by atoms with E-state index in [1.807, 2.05) is 11.8 Å². The highest BCUT2D eigenvalue weighted by Gasteiger charge is 2.19. The van der Waals surface area contributed by atoms with E-state index < -0.39 is 6.04 Å². The third-order valence-electron chi connectivity index (χ3n) is 3.57. The highest BCUT2D eigenvalue weighted by molar-refractivity contribution is 5.97. The average Bonchev–Trinajstić information content (AvgIpc) is 3.00. The smallest absolute Gasteiger partial charge is 0.253 e. The Balaban J connectivity index is 1.99. The van der Waals surface area contributed by atoms with Crippen LogP contribution < -0.4 is 11.1 Å². The Morgan fingerprint density at radius 3 is 2.40 bits per heavy atom. The van der Waals surface area contributed by atoms with Crippen molar-refractivity contribution in [1.29, 1.82) is 0 Å². The fourth-order valence-electron chi connectivity index (χ4n) is 2.22. The molecule has 1 atom stereocenters. The molecule has 0 radical (unpaired) electrons. The first kappa shape index (κ1) is 14.5. The van der Waals surface area contributed by atoms with Gasteiger partial charge in [0.05, 0.1) is 6.04 Å².